The van der Waals surface area contributed by atoms with Crippen LogP contribution in [-0.2, 0) is 28.7 Å². The van der Waals surface area contributed by atoms with Crippen molar-refractivity contribution < 1.29 is 38.9 Å². The van der Waals surface area contributed by atoms with Crippen LogP contribution in [0.4, 0.5) is 0 Å². The summed E-state index contributed by atoms with van der Waals surface area (Å²) >= 11 is 0. The predicted molar refractivity (Wildman–Crippen MR) is 87.7 cm³/mol. The largest absolute Gasteiger partial charge is 0.480 e. The van der Waals surface area contributed by atoms with Crippen LogP contribution >= 0.6 is 0 Å². The lowest BCUT2D eigenvalue weighted by atomic mass is 9.87. The molecule has 0 aromatic heterocycles. The van der Waals surface area contributed by atoms with Crippen LogP contribution in [0.15, 0.2) is 30.3 Å². The van der Waals surface area contributed by atoms with Gasteiger partial charge in [-0.2, -0.15) is 0 Å². The quantitative estimate of drug-likeness (QED) is 0.427. The number of aliphatic carboxylic acids is 1. The zero-order valence-corrected chi connectivity index (χ0v) is 14.5. The van der Waals surface area contributed by atoms with E-state index in [2.05, 4.69) is 14.8 Å². The van der Waals surface area contributed by atoms with E-state index in [0.717, 1.165) is 14.2 Å². The van der Waals surface area contributed by atoms with E-state index in [1.165, 1.54) is 19.1 Å². The molecule has 0 aliphatic heterocycles. The minimum atomic E-state index is -1.64. The minimum Gasteiger partial charge on any atom is -0.480 e. The molecular formula is C17H21NO8. The third kappa shape index (κ3) is 5.03. The van der Waals surface area contributed by atoms with Crippen LogP contribution in [0.25, 0.3) is 0 Å². The number of hydrogen-bond acceptors (Lipinski definition) is 7. The van der Waals surface area contributed by atoms with Crippen LogP contribution in [0.1, 0.15) is 18.6 Å². The van der Waals surface area contributed by atoms with E-state index in [9.17, 15) is 29.4 Å². The van der Waals surface area contributed by atoms with Crippen molar-refractivity contribution in [2.45, 2.75) is 19.1 Å². The van der Waals surface area contributed by atoms with E-state index in [0.29, 0.717) is 0 Å². The number of rotatable bonds is 8. The van der Waals surface area contributed by atoms with Gasteiger partial charge in [-0.25, -0.2) is 4.79 Å². The number of aliphatic hydroxyl groups excluding tert-OH is 1. The second-order valence-electron chi connectivity index (χ2n) is 5.52. The summed E-state index contributed by atoms with van der Waals surface area (Å²) in [6.07, 6.45) is -1.61. The molecule has 1 aromatic carbocycles. The molecule has 1 rings (SSSR count). The zero-order chi connectivity index (χ0) is 19.9. The van der Waals surface area contributed by atoms with Crippen molar-refractivity contribution in [2.24, 2.45) is 11.8 Å². The Morgan fingerprint density at radius 1 is 1.00 bits per heavy atom. The Balaban J connectivity index is 3.03. The van der Waals surface area contributed by atoms with Gasteiger partial charge in [0.1, 0.15) is 6.04 Å². The lowest BCUT2D eigenvalue weighted by Crippen LogP contribution is -2.51. The maximum Gasteiger partial charge on any atom is 0.326 e. The summed E-state index contributed by atoms with van der Waals surface area (Å²) in [5, 5.41) is 21.6. The van der Waals surface area contributed by atoms with Gasteiger partial charge >= 0.3 is 17.9 Å². The topological polar surface area (TPSA) is 139 Å². The highest BCUT2D eigenvalue weighted by atomic mass is 16.5. The van der Waals surface area contributed by atoms with E-state index in [1.54, 1.807) is 18.2 Å². The lowest BCUT2D eigenvalue weighted by molar-refractivity contribution is -0.163. The fraction of sp³-hybridized carbons (Fsp3) is 0.412. The molecule has 9 nitrogen and oxygen atoms in total. The Bertz CT molecular complexity index is 644. The average molecular weight is 367 g/mol. The first-order valence-corrected chi connectivity index (χ1v) is 7.66. The van der Waals surface area contributed by atoms with Gasteiger partial charge in [-0.15, -0.1) is 0 Å². The van der Waals surface area contributed by atoms with Crippen molar-refractivity contribution in [3.8, 4) is 0 Å². The number of carbonyl (C=O) groups is 4. The number of methoxy groups -OCH3 is 2. The third-order valence-electron chi connectivity index (χ3n) is 3.89. The van der Waals surface area contributed by atoms with Crippen molar-refractivity contribution in [3.05, 3.63) is 35.9 Å². The molecule has 3 atom stereocenters. The summed E-state index contributed by atoms with van der Waals surface area (Å²) in [7, 11) is 2.08. The van der Waals surface area contributed by atoms with Crippen LogP contribution in [0.3, 0.4) is 0 Å². The van der Waals surface area contributed by atoms with Crippen LogP contribution in [0.5, 0.6) is 0 Å². The normalized spacial score (nSPS) is 14.0. The van der Waals surface area contributed by atoms with Gasteiger partial charge in [0.2, 0.25) is 0 Å². The van der Waals surface area contributed by atoms with Gasteiger partial charge in [-0.3, -0.25) is 14.4 Å². The number of carboxylic acid groups (broad SMARTS) is 1. The molecule has 26 heavy (non-hydrogen) atoms. The van der Waals surface area contributed by atoms with E-state index >= 15 is 0 Å². The molecule has 0 radical (unpaired) electrons. The molecule has 0 aliphatic rings. The molecule has 3 N–H and O–H groups in total. The molecule has 9 heteroatoms. The minimum absolute atomic E-state index is 0.263. The number of nitrogens with one attached hydrogen (secondary N) is 1. The molecule has 0 fully saturated rings. The fourth-order valence-electron chi connectivity index (χ4n) is 2.41. The summed E-state index contributed by atoms with van der Waals surface area (Å²) in [5.41, 5.74) is 0.263. The van der Waals surface area contributed by atoms with E-state index < -0.39 is 47.8 Å². The van der Waals surface area contributed by atoms with Gasteiger partial charge in [-0.1, -0.05) is 37.3 Å². The Labute approximate surface area is 149 Å². The van der Waals surface area contributed by atoms with Gasteiger partial charge < -0.3 is 25.0 Å². The molecule has 0 unspecified atom stereocenters. The number of esters is 2. The summed E-state index contributed by atoms with van der Waals surface area (Å²) < 4.78 is 9.03. The first kappa shape index (κ1) is 21.1. The molecule has 1 amide bonds. The molecule has 142 valence electrons. The highest BCUT2D eigenvalue weighted by molar-refractivity contribution is 5.96. The summed E-state index contributed by atoms with van der Waals surface area (Å²) in [5.74, 6) is -7.20. The number of hydrogen-bond donors (Lipinski definition) is 3. The Morgan fingerprint density at radius 3 is 1.92 bits per heavy atom. The van der Waals surface area contributed by atoms with E-state index in [4.69, 9.17) is 0 Å². The second kappa shape index (κ2) is 9.52. The van der Waals surface area contributed by atoms with Gasteiger partial charge in [0.25, 0.3) is 5.91 Å². The molecule has 0 saturated heterocycles. The Kier molecular flexibility index (Phi) is 7.73. The van der Waals surface area contributed by atoms with Crippen molar-refractivity contribution in [1.29, 1.82) is 0 Å². The highest BCUT2D eigenvalue weighted by Crippen LogP contribution is 2.21. The van der Waals surface area contributed by atoms with Gasteiger partial charge in [0.05, 0.1) is 14.2 Å². The predicted octanol–water partition coefficient (Wildman–Crippen LogP) is -0.112. The van der Waals surface area contributed by atoms with Crippen LogP contribution in [-0.4, -0.2) is 54.3 Å². The summed E-state index contributed by atoms with van der Waals surface area (Å²) in [6.45, 7) is 1.28. The lowest BCUT2D eigenvalue weighted by Gasteiger charge is -2.26. The van der Waals surface area contributed by atoms with Crippen LogP contribution < -0.4 is 5.32 Å². The molecule has 0 bridgehead atoms. The average Bonchev–Trinajstić information content (AvgIpc) is 2.65. The smallest absolute Gasteiger partial charge is 0.326 e. The Morgan fingerprint density at radius 2 is 1.50 bits per heavy atom. The van der Waals surface area contributed by atoms with Crippen molar-refractivity contribution in [1.82, 2.24) is 5.32 Å². The van der Waals surface area contributed by atoms with Gasteiger partial charge in [0, 0.05) is 5.92 Å². The van der Waals surface area contributed by atoms with Crippen molar-refractivity contribution in [3.63, 3.8) is 0 Å². The summed E-state index contributed by atoms with van der Waals surface area (Å²) in [6, 6.07) is 6.25. The number of carboxylic acids is 1. The van der Waals surface area contributed by atoms with E-state index in [-0.39, 0.29) is 5.56 Å². The third-order valence-corrected chi connectivity index (χ3v) is 3.89. The van der Waals surface area contributed by atoms with Crippen LogP contribution in [0, 0.1) is 11.8 Å². The molecule has 0 heterocycles. The molecule has 0 spiro atoms. The maximum atomic E-state index is 12.2. The molecule has 1 aromatic rings. The Hall–Kier alpha value is -2.94. The van der Waals surface area contributed by atoms with Crippen molar-refractivity contribution in [2.75, 3.05) is 14.2 Å². The molecule has 0 saturated carbocycles. The van der Waals surface area contributed by atoms with Crippen LogP contribution in [0.2, 0.25) is 0 Å². The zero-order valence-electron chi connectivity index (χ0n) is 14.5. The van der Waals surface area contributed by atoms with E-state index in [1.807, 2.05) is 0 Å². The maximum absolute atomic E-state index is 12.2. The number of carbonyl (C=O) groups excluding carboxylic acids is 3. The highest BCUT2D eigenvalue weighted by Gasteiger charge is 2.42. The number of benzene rings is 1. The van der Waals surface area contributed by atoms with Crippen molar-refractivity contribution >= 4 is 23.8 Å². The number of ether oxygens (including phenoxy) is 2. The first-order chi connectivity index (χ1) is 12.2. The number of aliphatic hydroxyl groups is 1. The fourth-order valence-corrected chi connectivity index (χ4v) is 2.41. The second-order valence-corrected chi connectivity index (χ2v) is 5.52. The molecular weight excluding hydrogens is 346 g/mol. The summed E-state index contributed by atoms with van der Waals surface area (Å²) in [4.78, 5) is 47.5. The number of amides is 1. The molecule has 0 aliphatic carbocycles. The standard InChI is InChI=1S/C17H21NO8/c1-9(11(16(23)25-2)17(24)26-3)12(15(21)22)18-14(20)13(19)10-7-5-4-6-8-10/h4-9,11-13,19H,1-3H3,(H,18,20)(H,21,22)/t9-,12-,13+/m1/s1. The van der Waals surface area contributed by atoms with Gasteiger partial charge in [-0.05, 0) is 5.56 Å². The monoisotopic (exact) mass is 367 g/mol. The SMILES string of the molecule is COC(=O)C(C(=O)OC)[C@@H](C)[C@@H](NC(=O)[C@@H](O)c1ccccc1)C(=O)O. The van der Waals surface area contributed by atoms with Gasteiger partial charge in [0.15, 0.2) is 12.0 Å². The first-order valence-electron chi connectivity index (χ1n) is 7.66.